The number of fused-ring (bicyclic) bond motifs is 18. The Kier molecular flexibility index (Phi) is 12.6. The van der Waals surface area contributed by atoms with Gasteiger partial charge in [0.25, 0.3) is 0 Å². The van der Waals surface area contributed by atoms with Crippen LogP contribution in [0.5, 0.6) is 0 Å². The van der Waals surface area contributed by atoms with Crippen LogP contribution in [0.4, 0.5) is 34.1 Å². The van der Waals surface area contributed by atoms with Gasteiger partial charge in [-0.3, -0.25) is 0 Å². The van der Waals surface area contributed by atoms with Gasteiger partial charge in [0.2, 0.25) is 0 Å². The van der Waals surface area contributed by atoms with Crippen LogP contribution in [-0.2, 0) is 0 Å². The van der Waals surface area contributed by atoms with Gasteiger partial charge < -0.3 is 36.3 Å². The van der Waals surface area contributed by atoms with Crippen LogP contribution >= 0.6 is 0 Å². The number of benzene rings is 16. The van der Waals surface area contributed by atoms with E-state index in [0.29, 0.717) is 0 Å². The Hall–Kier alpha value is -14.1. The van der Waals surface area contributed by atoms with Crippen molar-refractivity contribution < 1.29 is 26.5 Å². The molecule has 8 heteroatoms. The minimum Gasteiger partial charge on any atom is -0.456 e. The van der Waals surface area contributed by atoms with Crippen molar-refractivity contribution in [2.75, 3.05) is 9.80 Å². The van der Waals surface area contributed by atoms with Crippen LogP contribution in [0.1, 0.15) is 0 Å². The molecule has 486 valence electrons. The number of hydrogen-bond acceptors (Lipinski definition) is 8. The van der Waals surface area contributed by atoms with Crippen molar-refractivity contribution in [1.82, 2.24) is 0 Å². The number of rotatable bonds is 11. The molecule has 0 spiro atoms. The molecule has 104 heavy (non-hydrogen) atoms. The highest BCUT2D eigenvalue weighted by Gasteiger charge is 2.25. The second-order valence-corrected chi connectivity index (χ2v) is 26.9. The zero-order chi connectivity index (χ0) is 68.1. The standard InChI is InChI=1S/C96H56N2O6/c1-4-17-63(18-5-1)97(64-19-6-2-7-20-64)67-42-43-73-74-27-14-25-69(93(74)103-91(73)56-67)61-38-49-90-82(54-61)80-53-60(37-48-88(80)101-90)68-44-45-71(96-92(68)77-24-11-13-32-85(77)102-96)57-33-40-66(41-34-57)98(65-21-8-3-9-22-65)83-30-16-29-76-75-28-15-26-70(94(75)104-95(76)83)62-39-50-89-81(55-62)79-52-59(36-47-87(79)100-89)58-35-46-86-78(51-58)72-23-10-12-31-84(72)99-86/h1-56H. The molecule has 8 nitrogen and oxygen atoms in total. The molecule has 6 heterocycles. The molecule has 0 fully saturated rings. The van der Waals surface area contributed by atoms with E-state index in [1.54, 1.807) is 0 Å². The first-order valence-corrected chi connectivity index (χ1v) is 35.1. The average molecular weight is 1330 g/mol. The third-order valence-corrected chi connectivity index (χ3v) is 21.1. The van der Waals surface area contributed by atoms with Crippen LogP contribution in [0, 0.1) is 0 Å². The van der Waals surface area contributed by atoms with Crippen molar-refractivity contribution in [3.05, 3.63) is 340 Å². The molecule has 22 rings (SSSR count). The second-order valence-electron chi connectivity index (χ2n) is 26.9. The Morgan fingerprint density at radius 3 is 1.11 bits per heavy atom. The molecule has 6 aromatic heterocycles. The lowest BCUT2D eigenvalue weighted by atomic mass is 9.93. The van der Waals surface area contributed by atoms with Crippen molar-refractivity contribution in [2.45, 2.75) is 0 Å². The fourth-order valence-corrected chi connectivity index (χ4v) is 16.2. The lowest BCUT2D eigenvalue weighted by molar-refractivity contribution is 0.668. The maximum absolute atomic E-state index is 7.25. The molecule has 0 aliphatic rings. The Bertz CT molecular complexity index is 7200. The topological polar surface area (TPSA) is 85.3 Å². The van der Waals surface area contributed by atoms with E-state index in [1.165, 1.54) is 0 Å². The first-order valence-electron chi connectivity index (χ1n) is 35.1. The van der Waals surface area contributed by atoms with Gasteiger partial charge in [0.15, 0.2) is 5.58 Å². The quantitative estimate of drug-likeness (QED) is 0.127. The van der Waals surface area contributed by atoms with E-state index in [0.717, 1.165) is 221 Å². The Balaban J connectivity index is 0.606. The number of furan rings is 6. The van der Waals surface area contributed by atoms with Gasteiger partial charge in [0.05, 0.1) is 5.69 Å². The summed E-state index contributed by atoms with van der Waals surface area (Å²) in [6.07, 6.45) is 0. The molecule has 0 saturated carbocycles. The van der Waals surface area contributed by atoms with Gasteiger partial charge >= 0.3 is 0 Å². The minimum absolute atomic E-state index is 0.789. The summed E-state index contributed by atoms with van der Waals surface area (Å²) < 4.78 is 40.5. The molecule has 0 radical (unpaired) electrons. The summed E-state index contributed by atoms with van der Waals surface area (Å²) >= 11 is 0. The summed E-state index contributed by atoms with van der Waals surface area (Å²) in [5.41, 5.74) is 26.5. The molecule has 0 bridgehead atoms. The van der Waals surface area contributed by atoms with Crippen molar-refractivity contribution in [1.29, 1.82) is 0 Å². The van der Waals surface area contributed by atoms with Gasteiger partial charge in [-0.25, -0.2) is 0 Å². The summed E-state index contributed by atoms with van der Waals surface area (Å²) in [7, 11) is 0. The minimum atomic E-state index is 0.789. The largest absolute Gasteiger partial charge is 0.456 e. The van der Waals surface area contributed by atoms with Gasteiger partial charge in [0, 0.05) is 116 Å². The maximum atomic E-state index is 7.25. The molecule has 0 saturated heterocycles. The molecule has 16 aromatic carbocycles. The molecule has 0 aliphatic carbocycles. The van der Waals surface area contributed by atoms with Crippen molar-refractivity contribution in [2.24, 2.45) is 0 Å². The number of para-hydroxylation sites is 8. The highest BCUT2D eigenvalue weighted by atomic mass is 16.3. The lowest BCUT2D eigenvalue weighted by Gasteiger charge is -2.25. The summed E-state index contributed by atoms with van der Waals surface area (Å²) in [5, 5.41) is 12.6. The smallest absolute Gasteiger partial charge is 0.159 e. The van der Waals surface area contributed by atoms with E-state index >= 15 is 0 Å². The lowest BCUT2D eigenvalue weighted by Crippen LogP contribution is -2.10. The molecule has 0 amide bonds. The number of hydrogen-bond donors (Lipinski definition) is 0. The third-order valence-electron chi connectivity index (χ3n) is 21.1. The van der Waals surface area contributed by atoms with Gasteiger partial charge in [0.1, 0.15) is 61.4 Å². The van der Waals surface area contributed by atoms with Crippen molar-refractivity contribution >= 4 is 166 Å². The highest BCUT2D eigenvalue weighted by Crippen LogP contribution is 2.49. The van der Waals surface area contributed by atoms with E-state index in [-0.39, 0.29) is 0 Å². The maximum Gasteiger partial charge on any atom is 0.159 e. The number of nitrogens with zero attached hydrogens (tertiary/aromatic N) is 2. The van der Waals surface area contributed by atoms with E-state index in [9.17, 15) is 0 Å². The fraction of sp³-hybridized carbons (Fsp3) is 0. The van der Waals surface area contributed by atoms with Crippen LogP contribution in [0.2, 0.25) is 0 Å². The molecule has 0 aliphatic heterocycles. The first kappa shape index (κ1) is 57.8. The summed E-state index contributed by atoms with van der Waals surface area (Å²) in [6, 6.07) is 120. The fourth-order valence-electron chi connectivity index (χ4n) is 16.2. The second kappa shape index (κ2) is 22.7. The van der Waals surface area contributed by atoms with Gasteiger partial charge in [-0.1, -0.05) is 188 Å². The molecule has 22 aromatic rings. The van der Waals surface area contributed by atoms with Gasteiger partial charge in [-0.15, -0.1) is 0 Å². The van der Waals surface area contributed by atoms with Crippen LogP contribution in [0.3, 0.4) is 0 Å². The van der Waals surface area contributed by atoms with E-state index in [1.807, 2.05) is 30.3 Å². The SMILES string of the molecule is c1ccc(N(c2ccccc2)c2ccc3c(c2)oc2c(-c4ccc5oc6ccc(-c7ccc(-c8ccc(N(c9ccccc9)c9cccc%10c9oc9c(-c%11ccc%12oc%13ccc(-c%14ccc%15oc%16ccccc%16c%15c%14)cc%13c%12c%11)cccc9%10)cc8)c8oc9ccccc9c78)cc6c5c4)cccc23)cc1. The zero-order valence-electron chi connectivity index (χ0n) is 55.7. The first-order chi connectivity index (χ1) is 51.5. The van der Waals surface area contributed by atoms with Crippen LogP contribution < -0.4 is 9.80 Å². The zero-order valence-corrected chi connectivity index (χ0v) is 55.7. The van der Waals surface area contributed by atoms with E-state index in [4.69, 9.17) is 26.5 Å². The molecule has 0 unspecified atom stereocenters. The van der Waals surface area contributed by atoms with E-state index < -0.39 is 0 Å². The third kappa shape index (κ3) is 9.05. The van der Waals surface area contributed by atoms with Crippen molar-refractivity contribution in [3.63, 3.8) is 0 Å². The summed E-state index contributed by atoms with van der Waals surface area (Å²) in [5.74, 6) is 0. The average Bonchev–Trinajstić information content (AvgIpc) is 1.57. The highest BCUT2D eigenvalue weighted by molar-refractivity contribution is 6.20. The summed E-state index contributed by atoms with van der Waals surface area (Å²) in [6.45, 7) is 0. The Morgan fingerprint density at radius 2 is 0.529 bits per heavy atom. The number of anilines is 6. The van der Waals surface area contributed by atoms with Crippen molar-refractivity contribution in [3.8, 4) is 55.6 Å². The molecule has 0 atom stereocenters. The monoisotopic (exact) mass is 1330 g/mol. The summed E-state index contributed by atoms with van der Waals surface area (Å²) in [4.78, 5) is 4.56. The van der Waals surface area contributed by atoms with Gasteiger partial charge in [-0.05, 0) is 185 Å². The van der Waals surface area contributed by atoms with Crippen LogP contribution in [-0.4, -0.2) is 0 Å². The molecular weight excluding hydrogens is 1280 g/mol. The van der Waals surface area contributed by atoms with Gasteiger partial charge in [-0.2, -0.15) is 0 Å². The molecular formula is C96H56N2O6. The predicted molar refractivity (Wildman–Crippen MR) is 427 cm³/mol. The normalized spacial score (nSPS) is 12.0. The molecule has 0 N–H and O–H groups in total. The van der Waals surface area contributed by atoms with Crippen LogP contribution in [0.25, 0.3) is 187 Å². The van der Waals surface area contributed by atoms with E-state index in [2.05, 4.69) is 319 Å². The van der Waals surface area contributed by atoms with Crippen LogP contribution in [0.15, 0.2) is 366 Å². The Morgan fingerprint density at radius 1 is 0.163 bits per heavy atom. The predicted octanol–water partition coefficient (Wildman–Crippen LogP) is 28.4. The Labute approximate surface area is 593 Å².